The third-order valence-corrected chi connectivity index (χ3v) is 7.18. The van der Waals surface area contributed by atoms with Crippen LogP contribution in [0, 0.1) is 0 Å². The number of hydrogen-bond acceptors (Lipinski definition) is 7. The summed E-state index contributed by atoms with van der Waals surface area (Å²) in [5.74, 6) is 1.24. The van der Waals surface area contributed by atoms with Crippen molar-refractivity contribution >= 4 is 54.9 Å². The molecule has 0 saturated heterocycles. The Labute approximate surface area is 232 Å². The maximum absolute atomic E-state index is 13.5. The first-order valence-electron chi connectivity index (χ1n) is 12.4. The maximum atomic E-state index is 13.5. The molecule has 0 N–H and O–H groups in total. The first kappa shape index (κ1) is 27.3. The summed E-state index contributed by atoms with van der Waals surface area (Å²) in [4.78, 5) is 30.2. The van der Waals surface area contributed by atoms with Crippen LogP contribution in [0.15, 0.2) is 49.2 Å². The molecule has 2 aromatic carbocycles. The molecule has 8 nitrogen and oxygen atoms in total. The van der Waals surface area contributed by atoms with E-state index in [0.717, 1.165) is 30.2 Å². The molecule has 0 aliphatic heterocycles. The highest BCUT2D eigenvalue weighted by Gasteiger charge is 2.23. The molecule has 0 radical (unpaired) electrons. The lowest BCUT2D eigenvalue weighted by Crippen LogP contribution is -2.25. The molecule has 0 amide bonds. The number of carbonyl (C=O) groups excluding carboxylic acids is 1. The van der Waals surface area contributed by atoms with Crippen LogP contribution in [-0.2, 0) is 9.53 Å². The normalized spacial score (nSPS) is 14.3. The predicted octanol–water partition coefficient (Wildman–Crippen LogP) is 6.19. The van der Waals surface area contributed by atoms with E-state index in [9.17, 15) is 9.59 Å². The predicted molar refractivity (Wildman–Crippen MR) is 150 cm³/mol. The number of carbonyl (C=O) groups is 1. The number of ether oxygens (including phenoxy) is 3. The van der Waals surface area contributed by atoms with Gasteiger partial charge in [-0.15, -0.1) is 0 Å². The summed E-state index contributed by atoms with van der Waals surface area (Å²) >= 11 is 6.97. The molecule has 10 heteroatoms. The topological polar surface area (TPSA) is 92.0 Å². The van der Waals surface area contributed by atoms with Gasteiger partial charge in [-0.2, -0.15) is 9.78 Å². The van der Waals surface area contributed by atoms with Crippen LogP contribution in [0.3, 0.4) is 0 Å². The molecule has 1 aliphatic carbocycles. The van der Waals surface area contributed by atoms with Gasteiger partial charge in [-0.25, -0.2) is 9.78 Å². The summed E-state index contributed by atoms with van der Waals surface area (Å²) in [6.07, 6.45) is 7.00. The Bertz CT molecular complexity index is 1370. The number of halogens is 2. The SMILES string of the molecule is CCOC(=O)COc1c(Br)cc(C=Nn2c(C3CCCCC3)nc3ccc(Br)cc3c2=O)cc1OCC. The monoisotopic (exact) mass is 633 g/mol. The lowest BCUT2D eigenvalue weighted by Gasteiger charge is -2.22. The number of benzene rings is 2. The van der Waals surface area contributed by atoms with E-state index in [2.05, 4.69) is 37.0 Å². The first-order chi connectivity index (χ1) is 17.9. The van der Waals surface area contributed by atoms with Gasteiger partial charge in [0.15, 0.2) is 18.1 Å². The van der Waals surface area contributed by atoms with Crippen LogP contribution in [0.2, 0.25) is 0 Å². The third-order valence-electron chi connectivity index (χ3n) is 6.10. The third kappa shape index (κ3) is 6.59. The average molecular weight is 635 g/mol. The fraction of sp³-hybridized carbons (Fsp3) is 0.407. The summed E-state index contributed by atoms with van der Waals surface area (Å²) in [5.41, 5.74) is 1.15. The van der Waals surface area contributed by atoms with E-state index in [4.69, 9.17) is 19.2 Å². The molecular formula is C27H29Br2N3O5. The largest absolute Gasteiger partial charge is 0.490 e. The van der Waals surface area contributed by atoms with E-state index < -0.39 is 5.97 Å². The number of fused-ring (bicyclic) bond motifs is 1. The average Bonchev–Trinajstić information content (AvgIpc) is 2.88. The van der Waals surface area contributed by atoms with E-state index in [1.54, 1.807) is 31.3 Å². The molecule has 1 fully saturated rings. The van der Waals surface area contributed by atoms with Crippen molar-refractivity contribution in [1.82, 2.24) is 9.66 Å². The number of rotatable bonds is 9. The molecule has 0 atom stereocenters. The van der Waals surface area contributed by atoms with Gasteiger partial charge in [-0.3, -0.25) is 4.79 Å². The quantitative estimate of drug-likeness (QED) is 0.206. The number of nitrogens with zero attached hydrogens (tertiary/aromatic N) is 3. The maximum Gasteiger partial charge on any atom is 0.344 e. The van der Waals surface area contributed by atoms with Gasteiger partial charge in [-0.1, -0.05) is 35.2 Å². The highest BCUT2D eigenvalue weighted by atomic mass is 79.9. The van der Waals surface area contributed by atoms with Crippen molar-refractivity contribution in [3.63, 3.8) is 0 Å². The molecule has 196 valence electrons. The molecule has 0 unspecified atom stereocenters. The van der Waals surface area contributed by atoms with Crippen molar-refractivity contribution in [3.8, 4) is 11.5 Å². The minimum absolute atomic E-state index is 0.177. The Kier molecular flexibility index (Phi) is 9.37. The summed E-state index contributed by atoms with van der Waals surface area (Å²) < 4.78 is 19.2. The Hall–Kier alpha value is -2.72. The second kappa shape index (κ2) is 12.7. The van der Waals surface area contributed by atoms with Crippen molar-refractivity contribution in [2.75, 3.05) is 19.8 Å². The van der Waals surface area contributed by atoms with Gasteiger partial charge in [0.1, 0.15) is 5.82 Å². The van der Waals surface area contributed by atoms with E-state index in [1.807, 2.05) is 19.1 Å². The molecule has 1 aliphatic rings. The number of hydrogen-bond donors (Lipinski definition) is 0. The zero-order valence-electron chi connectivity index (χ0n) is 20.8. The molecule has 3 aromatic rings. The minimum atomic E-state index is -0.465. The van der Waals surface area contributed by atoms with Crippen LogP contribution in [-0.4, -0.2) is 41.7 Å². The zero-order valence-corrected chi connectivity index (χ0v) is 24.0. The number of esters is 1. The summed E-state index contributed by atoms with van der Waals surface area (Å²) in [5, 5.41) is 5.12. The lowest BCUT2D eigenvalue weighted by molar-refractivity contribution is -0.145. The Balaban J connectivity index is 1.73. The van der Waals surface area contributed by atoms with E-state index in [0.29, 0.717) is 44.9 Å². The summed E-state index contributed by atoms with van der Waals surface area (Å²) in [7, 11) is 0. The van der Waals surface area contributed by atoms with Gasteiger partial charge in [0.05, 0.1) is 34.8 Å². The highest BCUT2D eigenvalue weighted by Crippen LogP contribution is 2.37. The van der Waals surface area contributed by atoms with Crippen LogP contribution in [0.4, 0.5) is 0 Å². The smallest absolute Gasteiger partial charge is 0.344 e. The second-order valence-corrected chi connectivity index (χ2v) is 10.5. The molecule has 37 heavy (non-hydrogen) atoms. The van der Waals surface area contributed by atoms with E-state index >= 15 is 0 Å². The Morgan fingerprint density at radius 1 is 1.11 bits per heavy atom. The van der Waals surface area contributed by atoms with Crippen LogP contribution in [0.5, 0.6) is 11.5 Å². The van der Waals surface area contributed by atoms with Crippen molar-refractivity contribution in [1.29, 1.82) is 0 Å². The molecular weight excluding hydrogens is 606 g/mol. The van der Waals surface area contributed by atoms with Crippen LogP contribution < -0.4 is 15.0 Å². The molecule has 1 aromatic heterocycles. The second-order valence-electron chi connectivity index (χ2n) is 8.68. The van der Waals surface area contributed by atoms with Gasteiger partial charge < -0.3 is 14.2 Å². The molecule has 0 bridgehead atoms. The molecule has 1 saturated carbocycles. The van der Waals surface area contributed by atoms with Gasteiger partial charge in [0, 0.05) is 10.4 Å². The van der Waals surface area contributed by atoms with Crippen LogP contribution in [0.1, 0.15) is 63.3 Å². The van der Waals surface area contributed by atoms with Crippen molar-refractivity contribution < 1.29 is 19.0 Å². The fourth-order valence-electron chi connectivity index (χ4n) is 4.43. The van der Waals surface area contributed by atoms with Crippen molar-refractivity contribution in [2.45, 2.75) is 51.9 Å². The van der Waals surface area contributed by atoms with Gasteiger partial charge in [0.25, 0.3) is 5.56 Å². The van der Waals surface area contributed by atoms with E-state index in [-0.39, 0.29) is 24.7 Å². The first-order valence-corrected chi connectivity index (χ1v) is 14.0. The van der Waals surface area contributed by atoms with Gasteiger partial charge in [-0.05, 0) is 78.5 Å². The molecule has 0 spiro atoms. The van der Waals surface area contributed by atoms with Crippen LogP contribution in [0.25, 0.3) is 10.9 Å². The molecule has 1 heterocycles. The summed E-state index contributed by atoms with van der Waals surface area (Å²) in [6, 6.07) is 9.09. The Morgan fingerprint density at radius 3 is 2.62 bits per heavy atom. The Morgan fingerprint density at radius 2 is 1.89 bits per heavy atom. The van der Waals surface area contributed by atoms with Crippen molar-refractivity contribution in [3.05, 3.63) is 61.0 Å². The highest BCUT2D eigenvalue weighted by molar-refractivity contribution is 9.10. The minimum Gasteiger partial charge on any atom is -0.490 e. The summed E-state index contributed by atoms with van der Waals surface area (Å²) in [6.45, 7) is 4.04. The van der Waals surface area contributed by atoms with Gasteiger partial charge >= 0.3 is 5.97 Å². The fourth-order valence-corrected chi connectivity index (χ4v) is 5.36. The lowest BCUT2D eigenvalue weighted by atomic mass is 9.88. The molecule has 4 rings (SSSR count). The zero-order chi connectivity index (χ0) is 26.4. The van der Waals surface area contributed by atoms with E-state index in [1.165, 1.54) is 11.1 Å². The number of aromatic nitrogens is 2. The van der Waals surface area contributed by atoms with Crippen molar-refractivity contribution in [2.24, 2.45) is 5.10 Å². The van der Waals surface area contributed by atoms with Crippen LogP contribution >= 0.6 is 31.9 Å². The van der Waals surface area contributed by atoms with Gasteiger partial charge in [0.2, 0.25) is 0 Å². The standard InChI is InChI=1S/C27H29Br2N3O5/c1-3-35-23-13-17(12-21(29)25(23)37-16-24(33)36-4-2)15-30-32-26(18-8-6-5-7-9-18)31-22-11-10-19(28)14-20(22)27(32)34/h10-15,18H,3-9,16H2,1-2H3.